The van der Waals surface area contributed by atoms with E-state index in [0.29, 0.717) is 18.7 Å². The van der Waals surface area contributed by atoms with Gasteiger partial charge in [0, 0.05) is 12.6 Å². The molecule has 1 aliphatic rings. The summed E-state index contributed by atoms with van der Waals surface area (Å²) in [5.74, 6) is 0.243. The summed E-state index contributed by atoms with van der Waals surface area (Å²) in [6.07, 6.45) is 7.09. The third-order valence-corrected chi connectivity index (χ3v) is 7.23. The Morgan fingerprint density at radius 1 is 1.11 bits per heavy atom. The molecule has 8 heteroatoms. The predicted octanol–water partition coefficient (Wildman–Crippen LogP) is 5.29. The molecular formula is C28H45N3O4S. The molecule has 0 aromatic heterocycles. The molecule has 0 saturated heterocycles. The van der Waals surface area contributed by atoms with Crippen molar-refractivity contribution in [1.82, 2.24) is 15.5 Å². The van der Waals surface area contributed by atoms with Crippen LogP contribution in [0, 0.1) is 13.8 Å². The largest absolute Gasteiger partial charge is 0.444 e. The molecule has 2 rings (SSSR count). The normalized spacial score (nSPS) is 16.1. The number of thioether (sulfide) groups is 1. The fraction of sp³-hybridized carbons (Fsp3) is 0.679. The number of alkyl carbamates (subject to hydrolysis) is 1. The molecule has 1 saturated carbocycles. The Hall–Kier alpha value is -2.22. The molecule has 0 bridgehead atoms. The molecular weight excluding hydrogens is 474 g/mol. The van der Waals surface area contributed by atoms with Gasteiger partial charge in [-0.3, -0.25) is 9.59 Å². The second kappa shape index (κ2) is 13.9. The molecule has 7 nitrogen and oxygen atoms in total. The van der Waals surface area contributed by atoms with E-state index < -0.39 is 23.8 Å². The minimum Gasteiger partial charge on any atom is -0.444 e. The Kier molecular flexibility index (Phi) is 11.6. The summed E-state index contributed by atoms with van der Waals surface area (Å²) >= 11 is 1.60. The summed E-state index contributed by atoms with van der Waals surface area (Å²) in [6, 6.07) is 4.48. The maximum atomic E-state index is 13.9. The highest BCUT2D eigenvalue weighted by Gasteiger charge is 2.36. The molecule has 2 N–H and O–H groups in total. The van der Waals surface area contributed by atoms with Crippen molar-refractivity contribution >= 4 is 29.7 Å². The van der Waals surface area contributed by atoms with Crippen LogP contribution in [0.4, 0.5) is 4.79 Å². The maximum Gasteiger partial charge on any atom is 0.408 e. The lowest BCUT2D eigenvalue weighted by atomic mass is 9.94. The number of ether oxygens (including phenoxy) is 1. The van der Waals surface area contributed by atoms with Gasteiger partial charge in [0.2, 0.25) is 11.8 Å². The van der Waals surface area contributed by atoms with Crippen molar-refractivity contribution in [3.05, 3.63) is 34.9 Å². The van der Waals surface area contributed by atoms with Crippen LogP contribution in [0.15, 0.2) is 18.2 Å². The van der Waals surface area contributed by atoms with Gasteiger partial charge < -0.3 is 20.3 Å². The van der Waals surface area contributed by atoms with E-state index in [1.54, 1.807) is 37.4 Å². The molecule has 36 heavy (non-hydrogen) atoms. The van der Waals surface area contributed by atoms with Gasteiger partial charge in [-0.15, -0.1) is 0 Å². The Labute approximate surface area is 221 Å². The first-order valence-electron chi connectivity index (χ1n) is 13.1. The van der Waals surface area contributed by atoms with Crippen LogP contribution in [0.2, 0.25) is 0 Å². The van der Waals surface area contributed by atoms with E-state index in [1.807, 2.05) is 45.2 Å². The Morgan fingerprint density at radius 2 is 1.78 bits per heavy atom. The fourth-order valence-corrected chi connectivity index (χ4v) is 5.01. The second-order valence-corrected chi connectivity index (χ2v) is 11.7. The van der Waals surface area contributed by atoms with Crippen LogP contribution in [-0.4, -0.2) is 59.0 Å². The lowest BCUT2D eigenvalue weighted by Crippen LogP contribution is -2.54. The number of amides is 3. The molecule has 2 atom stereocenters. The zero-order valence-corrected chi connectivity index (χ0v) is 23.9. The summed E-state index contributed by atoms with van der Waals surface area (Å²) in [6.45, 7) is 11.6. The number of aryl methyl sites for hydroxylation is 2. The van der Waals surface area contributed by atoms with Crippen molar-refractivity contribution in [3.63, 3.8) is 0 Å². The number of carbonyl (C=O) groups excluding carboxylic acids is 3. The van der Waals surface area contributed by atoms with Gasteiger partial charge in [0.15, 0.2) is 0 Å². The van der Waals surface area contributed by atoms with Gasteiger partial charge in [0.1, 0.15) is 17.7 Å². The standard InChI is InChI=1S/C28H45N3O4S/c1-8-31(26(33)23(16-17-36-7)30-27(34)35-28(4,5)6)24(21-15-14-19(2)20(3)18-21)25(32)29-22-12-10-9-11-13-22/h14-15,18,22-24H,8-13,16-17H2,1-7H3,(H,29,32)(H,30,34). The average Bonchev–Trinajstić information content (AvgIpc) is 2.81. The molecule has 0 spiro atoms. The first-order valence-corrected chi connectivity index (χ1v) is 14.5. The van der Waals surface area contributed by atoms with Gasteiger partial charge in [0.25, 0.3) is 0 Å². The van der Waals surface area contributed by atoms with Gasteiger partial charge in [0.05, 0.1) is 0 Å². The topological polar surface area (TPSA) is 87.7 Å². The zero-order valence-electron chi connectivity index (χ0n) is 23.1. The Morgan fingerprint density at radius 3 is 2.33 bits per heavy atom. The molecule has 1 fully saturated rings. The minimum atomic E-state index is -0.788. The van der Waals surface area contributed by atoms with Crippen molar-refractivity contribution in [1.29, 1.82) is 0 Å². The van der Waals surface area contributed by atoms with Gasteiger partial charge in [-0.25, -0.2) is 4.79 Å². The summed E-state index contributed by atoms with van der Waals surface area (Å²) in [5, 5.41) is 6.00. The predicted molar refractivity (Wildman–Crippen MR) is 147 cm³/mol. The number of likely N-dealkylation sites (N-methyl/N-ethyl adjacent to an activating group) is 1. The third kappa shape index (κ3) is 9.02. The second-order valence-electron chi connectivity index (χ2n) is 10.7. The lowest BCUT2D eigenvalue weighted by molar-refractivity contribution is -0.142. The van der Waals surface area contributed by atoms with E-state index in [9.17, 15) is 14.4 Å². The first-order chi connectivity index (χ1) is 17.0. The highest BCUT2D eigenvalue weighted by atomic mass is 32.2. The van der Waals surface area contributed by atoms with E-state index in [0.717, 1.165) is 42.4 Å². The zero-order chi connectivity index (χ0) is 26.9. The SMILES string of the molecule is CCN(C(=O)C(CCSC)NC(=O)OC(C)(C)C)C(C(=O)NC1CCCCC1)c1ccc(C)c(C)c1. The van der Waals surface area contributed by atoms with Crippen LogP contribution < -0.4 is 10.6 Å². The molecule has 3 amide bonds. The minimum absolute atomic E-state index is 0.126. The summed E-state index contributed by atoms with van der Waals surface area (Å²) < 4.78 is 5.43. The molecule has 0 aliphatic heterocycles. The van der Waals surface area contributed by atoms with Crippen molar-refractivity contribution in [2.75, 3.05) is 18.6 Å². The Bertz CT molecular complexity index is 893. The molecule has 0 heterocycles. The van der Waals surface area contributed by atoms with E-state index in [-0.39, 0.29) is 17.9 Å². The number of hydrogen-bond acceptors (Lipinski definition) is 5. The highest BCUT2D eigenvalue weighted by molar-refractivity contribution is 7.98. The molecule has 1 aromatic rings. The summed E-state index contributed by atoms with van der Waals surface area (Å²) in [4.78, 5) is 41.8. The van der Waals surface area contributed by atoms with Crippen LogP contribution in [0.1, 0.15) is 89.0 Å². The number of benzene rings is 1. The highest BCUT2D eigenvalue weighted by Crippen LogP contribution is 2.27. The number of carbonyl (C=O) groups is 3. The summed E-state index contributed by atoms with van der Waals surface area (Å²) in [5.41, 5.74) is 2.30. The van der Waals surface area contributed by atoms with Crippen LogP contribution in [-0.2, 0) is 14.3 Å². The molecule has 1 aromatic carbocycles. The number of hydrogen-bond donors (Lipinski definition) is 2. The van der Waals surface area contributed by atoms with Crippen molar-refractivity contribution < 1.29 is 19.1 Å². The van der Waals surface area contributed by atoms with Crippen LogP contribution in [0.25, 0.3) is 0 Å². The van der Waals surface area contributed by atoms with Crippen LogP contribution in [0.3, 0.4) is 0 Å². The third-order valence-electron chi connectivity index (χ3n) is 6.58. The van der Waals surface area contributed by atoms with Crippen molar-refractivity contribution in [3.8, 4) is 0 Å². The molecule has 1 aliphatic carbocycles. The van der Waals surface area contributed by atoms with Crippen LogP contribution in [0.5, 0.6) is 0 Å². The monoisotopic (exact) mass is 519 g/mol. The van der Waals surface area contributed by atoms with Crippen LogP contribution >= 0.6 is 11.8 Å². The molecule has 2 unspecified atom stereocenters. The molecule has 202 valence electrons. The van der Waals surface area contributed by atoms with Gasteiger partial charge >= 0.3 is 6.09 Å². The van der Waals surface area contributed by atoms with E-state index in [4.69, 9.17) is 4.74 Å². The van der Waals surface area contributed by atoms with Gasteiger partial charge in [-0.1, -0.05) is 37.5 Å². The van der Waals surface area contributed by atoms with E-state index >= 15 is 0 Å². The number of nitrogens with zero attached hydrogens (tertiary/aromatic N) is 1. The van der Waals surface area contributed by atoms with Crippen molar-refractivity contribution in [2.45, 2.75) is 104 Å². The smallest absolute Gasteiger partial charge is 0.408 e. The van der Waals surface area contributed by atoms with E-state index in [1.165, 1.54) is 6.42 Å². The average molecular weight is 520 g/mol. The van der Waals surface area contributed by atoms with Gasteiger partial charge in [-0.2, -0.15) is 11.8 Å². The van der Waals surface area contributed by atoms with Crippen molar-refractivity contribution in [2.24, 2.45) is 0 Å². The Balaban J connectivity index is 2.38. The maximum absolute atomic E-state index is 13.9. The lowest BCUT2D eigenvalue weighted by Gasteiger charge is -2.35. The molecule has 0 radical (unpaired) electrons. The summed E-state index contributed by atoms with van der Waals surface area (Å²) in [7, 11) is 0. The quantitative estimate of drug-likeness (QED) is 0.439. The number of rotatable bonds is 10. The fourth-order valence-electron chi connectivity index (χ4n) is 4.54. The van der Waals surface area contributed by atoms with E-state index in [2.05, 4.69) is 10.6 Å². The van der Waals surface area contributed by atoms with Gasteiger partial charge in [-0.05, 0) is 89.5 Å². The number of nitrogens with one attached hydrogen (secondary N) is 2. The first kappa shape index (κ1) is 30.0.